The Labute approximate surface area is 275 Å². The fourth-order valence-corrected chi connectivity index (χ4v) is 7.28. The third kappa shape index (κ3) is 6.87. The molecule has 0 saturated carbocycles. The summed E-state index contributed by atoms with van der Waals surface area (Å²) in [7, 11) is 1.23. The van der Waals surface area contributed by atoms with Gasteiger partial charge in [0.15, 0.2) is 20.0 Å². The normalized spacial score (nSPS) is 17.1. The Morgan fingerprint density at radius 2 is 1.48 bits per heavy atom. The first-order chi connectivity index (χ1) is 21.9. The Balaban J connectivity index is 1.51. The highest BCUT2D eigenvalue weighted by molar-refractivity contribution is 8.00. The molecule has 46 heavy (non-hydrogen) atoms. The molecule has 1 saturated heterocycles. The number of aromatic nitrogens is 2. The van der Waals surface area contributed by atoms with Crippen LogP contribution in [0.3, 0.4) is 0 Å². The Kier molecular flexibility index (Phi) is 9.97. The van der Waals surface area contributed by atoms with Crippen molar-refractivity contribution in [2.45, 2.75) is 56.1 Å². The van der Waals surface area contributed by atoms with Crippen LogP contribution in [0.1, 0.15) is 43.7 Å². The summed E-state index contributed by atoms with van der Waals surface area (Å²) in [5.41, 5.74) is 0.369. The predicted molar refractivity (Wildman–Crippen MR) is 184 cm³/mol. The molecule has 244 valence electrons. The molecule has 8 nitrogen and oxygen atoms in total. The molecule has 0 radical (unpaired) electrons. The molecule has 0 amide bonds. The summed E-state index contributed by atoms with van der Waals surface area (Å²) in [5.74, 6) is 0.964. The van der Waals surface area contributed by atoms with Crippen LogP contribution in [0.5, 0.6) is 11.5 Å². The van der Waals surface area contributed by atoms with Gasteiger partial charge in [-0.3, -0.25) is 4.57 Å². The molecule has 11 heteroatoms. The molecule has 1 N–H and O–H groups in total. The van der Waals surface area contributed by atoms with Crippen molar-refractivity contribution in [1.82, 2.24) is 9.55 Å². The van der Waals surface area contributed by atoms with Gasteiger partial charge in [0.2, 0.25) is 0 Å². The third-order valence-corrected chi connectivity index (χ3v) is 14.5. The van der Waals surface area contributed by atoms with Crippen LogP contribution in [-0.2, 0) is 14.7 Å². The summed E-state index contributed by atoms with van der Waals surface area (Å²) < 4.78 is 40.7. The van der Waals surface area contributed by atoms with Gasteiger partial charge in [0.05, 0.1) is 27.0 Å². The van der Waals surface area contributed by atoms with Gasteiger partial charge in [0.1, 0.15) is 28.7 Å². The van der Waals surface area contributed by atoms with Gasteiger partial charge in [0, 0.05) is 5.75 Å². The molecule has 0 spiro atoms. The van der Waals surface area contributed by atoms with Crippen molar-refractivity contribution >= 4 is 25.9 Å². The van der Waals surface area contributed by atoms with Gasteiger partial charge in [-0.2, -0.15) is 4.98 Å². The van der Waals surface area contributed by atoms with Crippen molar-refractivity contribution in [2.75, 3.05) is 31.9 Å². The number of thioether (sulfide) groups is 1. The highest BCUT2D eigenvalue weighted by Crippen LogP contribution is 2.42. The second-order valence-corrected chi connectivity index (χ2v) is 18.8. The lowest BCUT2D eigenvalue weighted by atomic mass is 9.77. The second-order valence-electron chi connectivity index (χ2n) is 12.8. The number of ether oxygens (including phenoxy) is 3. The first-order valence-corrected chi connectivity index (χ1v) is 19.2. The highest BCUT2D eigenvalue weighted by Gasteiger charge is 2.40. The molecule has 0 aliphatic carbocycles. The Morgan fingerprint density at radius 3 is 2.00 bits per heavy atom. The quantitative estimate of drug-likeness (QED) is 0.131. The van der Waals surface area contributed by atoms with Crippen molar-refractivity contribution in [2.24, 2.45) is 0 Å². The van der Waals surface area contributed by atoms with E-state index in [1.54, 1.807) is 26.0 Å². The largest absolute Gasteiger partial charge is 0.497 e. The van der Waals surface area contributed by atoms with Crippen LogP contribution in [-0.4, -0.2) is 49.9 Å². The number of nitrogens with zero attached hydrogens (tertiary/aromatic N) is 2. The Morgan fingerprint density at radius 1 is 0.935 bits per heavy atom. The maximum Gasteiger partial charge on any atom is 0.351 e. The zero-order valence-electron chi connectivity index (χ0n) is 27.4. The summed E-state index contributed by atoms with van der Waals surface area (Å²) in [6.07, 6.45) is 0.515. The Hall–Kier alpha value is -3.64. The smallest absolute Gasteiger partial charge is 0.351 e. The number of hydrogen-bond acceptors (Lipinski definition) is 8. The van der Waals surface area contributed by atoms with Crippen molar-refractivity contribution < 1.29 is 23.0 Å². The van der Waals surface area contributed by atoms with Crippen molar-refractivity contribution in [3.8, 4) is 11.5 Å². The first-order valence-electron chi connectivity index (χ1n) is 15.2. The van der Waals surface area contributed by atoms with Crippen molar-refractivity contribution in [3.05, 3.63) is 118 Å². The number of anilines is 1. The molecule has 4 aromatic rings. The molecule has 3 aromatic carbocycles. The predicted octanol–water partition coefficient (Wildman–Crippen LogP) is 7.41. The van der Waals surface area contributed by atoms with Crippen molar-refractivity contribution in [1.29, 1.82) is 0 Å². The van der Waals surface area contributed by atoms with Crippen LogP contribution in [0.4, 0.5) is 10.2 Å². The molecular formula is C35H42FN3O5SSi. The van der Waals surface area contributed by atoms with E-state index in [1.807, 2.05) is 78.9 Å². The SMILES string of the molecule is COc1ccc(C(Nc2nc(=O)n([C@@H]3CS[C@H](CO[Si](C)(C)C(C)(C)C)O3)cc2F)(c2ccccc2)c2ccc(OC)cc2)cc1. The maximum absolute atomic E-state index is 16.1. The first kappa shape index (κ1) is 33.7. The summed E-state index contributed by atoms with van der Waals surface area (Å²) in [4.78, 5) is 17.7. The van der Waals surface area contributed by atoms with Crippen LogP contribution in [0, 0.1) is 5.82 Å². The van der Waals surface area contributed by atoms with Gasteiger partial charge in [-0.1, -0.05) is 75.4 Å². The summed E-state index contributed by atoms with van der Waals surface area (Å²) in [6.45, 7) is 11.3. The van der Waals surface area contributed by atoms with Crippen LogP contribution in [0.2, 0.25) is 18.1 Å². The Bertz CT molecular complexity index is 1630. The van der Waals surface area contributed by atoms with E-state index in [0.717, 1.165) is 16.7 Å². The topological polar surface area (TPSA) is 83.8 Å². The standard InChI is InChI=1S/C35H42FN3O5SSi/c1-34(2,3)46(6,7)43-22-31-44-30(23-45-31)39-21-29(36)32(37-33(39)40)38-35(24-11-9-8-10-12-24,25-13-17-27(41-4)18-14-25)26-15-19-28(42-5)20-16-26/h8-21,30-31H,22-23H2,1-7H3,(H,37,38,40)/t30-,31+/m0/s1. The van der Waals surface area contributed by atoms with E-state index in [1.165, 1.54) is 10.8 Å². The minimum Gasteiger partial charge on any atom is -0.497 e. The molecule has 2 atom stereocenters. The second kappa shape index (κ2) is 13.6. The lowest BCUT2D eigenvalue weighted by molar-refractivity contribution is -0.00460. The lowest BCUT2D eigenvalue weighted by Crippen LogP contribution is -2.42. The van der Waals surface area contributed by atoms with E-state index in [-0.39, 0.29) is 16.3 Å². The van der Waals surface area contributed by atoms with Crippen molar-refractivity contribution in [3.63, 3.8) is 0 Å². The molecule has 0 unspecified atom stereocenters. The average molecular weight is 664 g/mol. The molecule has 1 aromatic heterocycles. The molecular weight excluding hydrogens is 622 g/mol. The molecule has 5 rings (SSSR count). The summed E-state index contributed by atoms with van der Waals surface area (Å²) in [6, 6.07) is 24.7. The van der Waals surface area contributed by atoms with E-state index in [0.29, 0.717) is 23.9 Å². The zero-order chi connectivity index (χ0) is 33.1. The molecule has 2 heterocycles. The van der Waals surface area contributed by atoms with E-state index < -0.39 is 31.6 Å². The number of halogens is 1. The van der Waals surface area contributed by atoms with E-state index in [2.05, 4.69) is 44.2 Å². The van der Waals surface area contributed by atoms with Gasteiger partial charge in [-0.25, -0.2) is 9.18 Å². The molecule has 1 aliphatic heterocycles. The molecule has 1 aliphatic rings. The monoisotopic (exact) mass is 663 g/mol. The maximum atomic E-state index is 16.1. The number of rotatable bonds is 11. The number of benzene rings is 3. The van der Waals surface area contributed by atoms with Gasteiger partial charge >= 0.3 is 5.69 Å². The van der Waals surface area contributed by atoms with E-state index in [9.17, 15) is 4.79 Å². The van der Waals surface area contributed by atoms with Crippen LogP contribution in [0.15, 0.2) is 89.9 Å². The van der Waals surface area contributed by atoms with E-state index >= 15 is 4.39 Å². The molecule has 1 fully saturated rings. The van der Waals surface area contributed by atoms with Gasteiger partial charge < -0.3 is 24.0 Å². The summed E-state index contributed by atoms with van der Waals surface area (Å²) >= 11 is 1.55. The van der Waals surface area contributed by atoms with Crippen LogP contribution in [0.25, 0.3) is 0 Å². The zero-order valence-corrected chi connectivity index (χ0v) is 29.2. The number of hydrogen-bond donors (Lipinski definition) is 1. The third-order valence-electron chi connectivity index (χ3n) is 8.90. The van der Waals surface area contributed by atoms with Crippen LogP contribution < -0.4 is 20.5 Å². The van der Waals surface area contributed by atoms with Gasteiger partial charge in [-0.05, 0) is 59.1 Å². The molecule has 0 bridgehead atoms. The highest BCUT2D eigenvalue weighted by atomic mass is 32.2. The minimum atomic E-state index is -1.98. The van der Waals surface area contributed by atoms with Gasteiger partial charge in [-0.15, -0.1) is 11.8 Å². The average Bonchev–Trinajstić information content (AvgIpc) is 3.53. The van der Waals surface area contributed by atoms with Crippen LogP contribution >= 0.6 is 11.8 Å². The number of methoxy groups -OCH3 is 2. The summed E-state index contributed by atoms with van der Waals surface area (Å²) in [5, 5.41) is 3.43. The van der Waals surface area contributed by atoms with E-state index in [4.69, 9.17) is 18.6 Å². The minimum absolute atomic E-state index is 0.0646. The number of nitrogens with one attached hydrogen (secondary N) is 1. The van der Waals surface area contributed by atoms with Gasteiger partial charge in [0.25, 0.3) is 0 Å². The fraction of sp³-hybridized carbons (Fsp3) is 0.371. The fourth-order valence-electron chi connectivity index (χ4n) is 5.17. The lowest BCUT2D eigenvalue weighted by Gasteiger charge is -2.37.